The SMILES string of the molecule is Cc1ccc(F)cc1C(=O)NC1CCOCC1. The Kier molecular flexibility index (Phi) is 3.74. The molecule has 1 aromatic carbocycles. The summed E-state index contributed by atoms with van der Waals surface area (Å²) in [4.78, 5) is 12.0. The van der Waals surface area contributed by atoms with Crippen molar-refractivity contribution >= 4 is 5.91 Å². The van der Waals surface area contributed by atoms with Crippen LogP contribution in [0.3, 0.4) is 0 Å². The van der Waals surface area contributed by atoms with Crippen molar-refractivity contribution < 1.29 is 13.9 Å². The molecule has 3 nitrogen and oxygen atoms in total. The molecule has 0 spiro atoms. The summed E-state index contributed by atoms with van der Waals surface area (Å²) in [6, 6.07) is 4.40. The van der Waals surface area contributed by atoms with Gasteiger partial charge >= 0.3 is 0 Å². The fraction of sp³-hybridized carbons (Fsp3) is 0.462. The van der Waals surface area contributed by atoms with Crippen molar-refractivity contribution in [2.75, 3.05) is 13.2 Å². The monoisotopic (exact) mass is 237 g/mol. The van der Waals surface area contributed by atoms with E-state index in [0.717, 1.165) is 18.4 Å². The van der Waals surface area contributed by atoms with Gasteiger partial charge in [-0.25, -0.2) is 4.39 Å². The average molecular weight is 237 g/mol. The molecule has 1 fully saturated rings. The van der Waals surface area contributed by atoms with E-state index in [1.54, 1.807) is 13.0 Å². The second-order valence-corrected chi connectivity index (χ2v) is 4.32. The third kappa shape index (κ3) is 3.03. The summed E-state index contributed by atoms with van der Waals surface area (Å²) in [6.07, 6.45) is 1.64. The summed E-state index contributed by atoms with van der Waals surface area (Å²) in [5, 5.41) is 2.92. The van der Waals surface area contributed by atoms with Gasteiger partial charge in [0.05, 0.1) is 0 Å². The highest BCUT2D eigenvalue weighted by molar-refractivity contribution is 5.95. The summed E-state index contributed by atoms with van der Waals surface area (Å²) in [5.74, 6) is -0.582. The topological polar surface area (TPSA) is 38.3 Å². The summed E-state index contributed by atoms with van der Waals surface area (Å²) >= 11 is 0. The number of carbonyl (C=O) groups excluding carboxylic acids is 1. The minimum absolute atomic E-state index is 0.138. The third-order valence-corrected chi connectivity index (χ3v) is 3.00. The van der Waals surface area contributed by atoms with Gasteiger partial charge in [-0.15, -0.1) is 0 Å². The molecule has 1 N–H and O–H groups in total. The number of amides is 1. The molecule has 0 aliphatic carbocycles. The van der Waals surface area contributed by atoms with Crippen LogP contribution in [-0.2, 0) is 4.74 Å². The summed E-state index contributed by atoms with van der Waals surface area (Å²) in [6.45, 7) is 3.15. The standard InChI is InChI=1S/C13H16FNO2/c1-9-2-3-10(14)8-12(9)13(16)15-11-4-6-17-7-5-11/h2-3,8,11H,4-7H2,1H3,(H,15,16). The van der Waals surface area contributed by atoms with Gasteiger partial charge in [0.15, 0.2) is 0 Å². The molecule has 1 amide bonds. The summed E-state index contributed by atoms with van der Waals surface area (Å²) < 4.78 is 18.3. The minimum atomic E-state index is -0.382. The van der Waals surface area contributed by atoms with E-state index in [1.165, 1.54) is 12.1 Å². The molecule has 92 valence electrons. The Labute approximate surface area is 100.0 Å². The van der Waals surface area contributed by atoms with Gasteiger partial charge in [0.1, 0.15) is 5.82 Å². The zero-order valence-corrected chi connectivity index (χ0v) is 9.83. The Morgan fingerprint density at radius 2 is 2.12 bits per heavy atom. The van der Waals surface area contributed by atoms with E-state index < -0.39 is 0 Å². The van der Waals surface area contributed by atoms with Gasteiger partial charge in [0, 0.05) is 24.8 Å². The second kappa shape index (κ2) is 5.27. The lowest BCUT2D eigenvalue weighted by atomic mass is 10.1. The average Bonchev–Trinajstić information content (AvgIpc) is 2.33. The highest BCUT2D eigenvalue weighted by Crippen LogP contribution is 2.12. The molecule has 0 saturated carbocycles. The first kappa shape index (κ1) is 12.0. The molecule has 1 aliphatic heterocycles. The maximum atomic E-state index is 13.1. The van der Waals surface area contributed by atoms with Crippen molar-refractivity contribution in [1.29, 1.82) is 0 Å². The van der Waals surface area contributed by atoms with Crippen LogP contribution < -0.4 is 5.32 Å². The Morgan fingerprint density at radius 3 is 2.82 bits per heavy atom. The molecule has 0 aromatic heterocycles. The van der Waals surface area contributed by atoms with E-state index in [0.29, 0.717) is 18.8 Å². The zero-order valence-electron chi connectivity index (χ0n) is 9.83. The van der Waals surface area contributed by atoms with Crippen LogP contribution in [0.25, 0.3) is 0 Å². The molecular weight excluding hydrogens is 221 g/mol. The van der Waals surface area contributed by atoms with Crippen LogP contribution >= 0.6 is 0 Å². The third-order valence-electron chi connectivity index (χ3n) is 3.00. The number of hydrogen-bond donors (Lipinski definition) is 1. The zero-order chi connectivity index (χ0) is 12.3. The van der Waals surface area contributed by atoms with Gasteiger partial charge in [-0.1, -0.05) is 6.07 Å². The van der Waals surface area contributed by atoms with E-state index in [4.69, 9.17) is 4.74 Å². The van der Waals surface area contributed by atoms with Gasteiger partial charge < -0.3 is 10.1 Å². The quantitative estimate of drug-likeness (QED) is 0.854. The predicted octanol–water partition coefficient (Wildman–Crippen LogP) is 2.04. The number of hydrogen-bond acceptors (Lipinski definition) is 2. The minimum Gasteiger partial charge on any atom is -0.381 e. The molecular formula is C13H16FNO2. The molecule has 4 heteroatoms. The van der Waals surface area contributed by atoms with Crippen LogP contribution in [0.2, 0.25) is 0 Å². The molecule has 1 aliphatic rings. The van der Waals surface area contributed by atoms with Gasteiger partial charge in [-0.05, 0) is 37.5 Å². The van der Waals surface area contributed by atoms with Crippen molar-refractivity contribution in [3.8, 4) is 0 Å². The number of nitrogens with one attached hydrogen (secondary N) is 1. The molecule has 1 saturated heterocycles. The van der Waals surface area contributed by atoms with E-state index in [-0.39, 0.29) is 17.8 Å². The van der Waals surface area contributed by atoms with Crippen molar-refractivity contribution in [3.63, 3.8) is 0 Å². The Balaban J connectivity index is 2.05. The smallest absolute Gasteiger partial charge is 0.251 e. The highest BCUT2D eigenvalue weighted by atomic mass is 19.1. The van der Waals surface area contributed by atoms with Crippen molar-refractivity contribution in [3.05, 3.63) is 35.1 Å². The maximum Gasteiger partial charge on any atom is 0.251 e. The normalized spacial score (nSPS) is 16.8. The number of ether oxygens (including phenoxy) is 1. The van der Waals surface area contributed by atoms with Crippen LogP contribution in [0.1, 0.15) is 28.8 Å². The Bertz CT molecular complexity index is 414. The lowest BCUT2D eigenvalue weighted by molar-refractivity contribution is 0.0696. The van der Waals surface area contributed by atoms with Crippen molar-refractivity contribution in [2.45, 2.75) is 25.8 Å². The van der Waals surface area contributed by atoms with E-state index in [2.05, 4.69) is 5.32 Å². The summed E-state index contributed by atoms with van der Waals surface area (Å²) in [5.41, 5.74) is 1.20. The summed E-state index contributed by atoms with van der Waals surface area (Å²) in [7, 11) is 0. The first-order valence-corrected chi connectivity index (χ1v) is 5.81. The maximum absolute atomic E-state index is 13.1. The second-order valence-electron chi connectivity index (χ2n) is 4.32. The van der Waals surface area contributed by atoms with Crippen molar-refractivity contribution in [2.24, 2.45) is 0 Å². The first-order chi connectivity index (χ1) is 8.16. The molecule has 0 radical (unpaired) electrons. The van der Waals surface area contributed by atoms with Crippen LogP contribution in [0.5, 0.6) is 0 Å². The number of halogens is 1. The number of rotatable bonds is 2. The van der Waals surface area contributed by atoms with Crippen LogP contribution in [-0.4, -0.2) is 25.2 Å². The number of carbonyl (C=O) groups is 1. The van der Waals surface area contributed by atoms with Gasteiger partial charge in [-0.3, -0.25) is 4.79 Å². The fourth-order valence-electron chi connectivity index (χ4n) is 1.94. The van der Waals surface area contributed by atoms with E-state index in [1.807, 2.05) is 0 Å². The largest absolute Gasteiger partial charge is 0.381 e. The van der Waals surface area contributed by atoms with E-state index >= 15 is 0 Å². The Morgan fingerprint density at radius 1 is 1.41 bits per heavy atom. The molecule has 0 atom stereocenters. The number of benzene rings is 1. The fourth-order valence-corrected chi connectivity index (χ4v) is 1.94. The molecule has 0 bridgehead atoms. The molecule has 1 aromatic rings. The van der Waals surface area contributed by atoms with Gasteiger partial charge in [0.2, 0.25) is 0 Å². The van der Waals surface area contributed by atoms with E-state index in [9.17, 15) is 9.18 Å². The predicted molar refractivity (Wildman–Crippen MR) is 62.4 cm³/mol. The van der Waals surface area contributed by atoms with Crippen LogP contribution in [0.15, 0.2) is 18.2 Å². The molecule has 2 rings (SSSR count). The van der Waals surface area contributed by atoms with Crippen LogP contribution in [0, 0.1) is 12.7 Å². The Hall–Kier alpha value is -1.42. The van der Waals surface area contributed by atoms with Crippen LogP contribution in [0.4, 0.5) is 4.39 Å². The lowest BCUT2D eigenvalue weighted by Gasteiger charge is -2.23. The van der Waals surface area contributed by atoms with Crippen molar-refractivity contribution in [1.82, 2.24) is 5.32 Å². The lowest BCUT2D eigenvalue weighted by Crippen LogP contribution is -2.39. The first-order valence-electron chi connectivity index (χ1n) is 5.81. The highest BCUT2D eigenvalue weighted by Gasteiger charge is 2.18. The molecule has 1 heterocycles. The number of aryl methyl sites for hydroxylation is 1. The molecule has 17 heavy (non-hydrogen) atoms. The van der Waals surface area contributed by atoms with Gasteiger partial charge in [-0.2, -0.15) is 0 Å². The van der Waals surface area contributed by atoms with Gasteiger partial charge in [0.25, 0.3) is 5.91 Å². The molecule has 0 unspecified atom stereocenters.